The molecule has 240 valence electrons. The zero-order valence-corrected chi connectivity index (χ0v) is 25.7. The van der Waals surface area contributed by atoms with Crippen molar-refractivity contribution in [1.82, 2.24) is 14.8 Å². The average Bonchev–Trinajstić information content (AvgIpc) is 3.60. The number of aryl methyl sites for hydroxylation is 2. The van der Waals surface area contributed by atoms with Crippen LogP contribution < -0.4 is 15.0 Å². The summed E-state index contributed by atoms with van der Waals surface area (Å²) in [4.78, 5) is 35.8. The van der Waals surface area contributed by atoms with Gasteiger partial charge in [0.15, 0.2) is 11.0 Å². The van der Waals surface area contributed by atoms with Crippen molar-refractivity contribution >= 4 is 40.2 Å². The molecule has 5 rings (SSSR count). The summed E-state index contributed by atoms with van der Waals surface area (Å²) in [6, 6.07) is 14.7. The van der Waals surface area contributed by atoms with Gasteiger partial charge in [-0.2, -0.15) is 26.9 Å². The van der Waals surface area contributed by atoms with Crippen LogP contribution in [0.4, 0.5) is 38.1 Å². The molecule has 1 aliphatic heterocycles. The smallest absolute Gasteiger partial charge is 0.426 e. The number of aromatic nitrogens is 3. The van der Waals surface area contributed by atoms with Gasteiger partial charge in [-0.25, -0.2) is 14.5 Å². The number of hydrogen-bond donors (Lipinski definition) is 1. The number of hydrogen-bond acceptors (Lipinski definition) is 6. The highest BCUT2D eigenvalue weighted by Crippen LogP contribution is 2.38. The highest BCUT2D eigenvalue weighted by Gasteiger charge is 2.61. The standard InChI is InChI=1S/C31H27F5N6O3S/c1-17(2)23-11-5-18(3)13-25(23)42-26(43)15-46-29(42)39-28(44)38-24-12-6-20(14-19(24)4)27-37-16-41(40-27)21-7-9-22(10-8-21)45-31(35,36)30(32,33)34/h5-14,16-17H,15H2,1-4H3,(H,38,44). The Balaban J connectivity index is 1.29. The van der Waals surface area contributed by atoms with Gasteiger partial charge in [-0.3, -0.25) is 9.69 Å². The largest absolute Gasteiger partial charge is 0.499 e. The van der Waals surface area contributed by atoms with Crippen LogP contribution in [-0.4, -0.2) is 49.9 Å². The van der Waals surface area contributed by atoms with Gasteiger partial charge in [-0.15, -0.1) is 5.10 Å². The molecule has 2 heterocycles. The van der Waals surface area contributed by atoms with Crippen molar-refractivity contribution in [2.75, 3.05) is 16.0 Å². The molecule has 9 nitrogen and oxygen atoms in total. The van der Waals surface area contributed by atoms with Crippen molar-refractivity contribution in [2.24, 2.45) is 4.99 Å². The number of urea groups is 1. The highest BCUT2D eigenvalue weighted by molar-refractivity contribution is 8.15. The molecular formula is C31H27F5N6O3S. The van der Waals surface area contributed by atoms with Crippen LogP contribution in [-0.2, 0) is 4.79 Å². The van der Waals surface area contributed by atoms with Gasteiger partial charge in [0, 0.05) is 11.3 Å². The number of anilines is 2. The van der Waals surface area contributed by atoms with Gasteiger partial charge in [0.05, 0.1) is 17.1 Å². The number of amides is 3. The summed E-state index contributed by atoms with van der Waals surface area (Å²) in [5.41, 5.74) is 4.72. The van der Waals surface area contributed by atoms with E-state index in [1.165, 1.54) is 39.8 Å². The van der Waals surface area contributed by atoms with Gasteiger partial charge in [0.1, 0.15) is 12.1 Å². The molecule has 0 aliphatic carbocycles. The monoisotopic (exact) mass is 658 g/mol. The van der Waals surface area contributed by atoms with Crippen LogP contribution >= 0.6 is 11.8 Å². The Morgan fingerprint density at radius 3 is 2.39 bits per heavy atom. The average molecular weight is 659 g/mol. The fourth-order valence-electron chi connectivity index (χ4n) is 4.58. The molecule has 4 aromatic rings. The predicted octanol–water partition coefficient (Wildman–Crippen LogP) is 7.88. The quantitative estimate of drug-likeness (QED) is 0.203. The van der Waals surface area contributed by atoms with Crippen molar-refractivity contribution in [2.45, 2.75) is 45.9 Å². The second kappa shape index (κ2) is 12.5. The fraction of sp³-hybridized carbons (Fsp3) is 0.258. The van der Waals surface area contributed by atoms with E-state index in [9.17, 15) is 31.5 Å². The summed E-state index contributed by atoms with van der Waals surface area (Å²) in [5.74, 6) is -0.235. The van der Waals surface area contributed by atoms with Crippen LogP contribution in [0.25, 0.3) is 17.1 Å². The number of carbonyl (C=O) groups excluding carboxylic acids is 2. The minimum absolute atomic E-state index is 0.147. The molecule has 3 aromatic carbocycles. The van der Waals surface area contributed by atoms with E-state index in [1.54, 1.807) is 25.1 Å². The number of alkyl halides is 5. The molecule has 1 aliphatic rings. The molecule has 0 radical (unpaired) electrons. The van der Waals surface area contributed by atoms with Crippen LogP contribution in [0.5, 0.6) is 5.75 Å². The van der Waals surface area contributed by atoms with Crippen LogP contribution in [0.1, 0.15) is 36.5 Å². The first kappa shape index (κ1) is 32.6. The first-order valence-electron chi connectivity index (χ1n) is 13.9. The van der Waals surface area contributed by atoms with E-state index in [0.717, 1.165) is 23.3 Å². The molecule has 1 saturated heterocycles. The zero-order chi connectivity index (χ0) is 33.4. The maximum Gasteiger partial charge on any atom is 0.499 e. The van der Waals surface area contributed by atoms with E-state index in [2.05, 4.69) is 25.1 Å². The van der Waals surface area contributed by atoms with Gasteiger partial charge in [-0.05, 0) is 85.0 Å². The van der Waals surface area contributed by atoms with E-state index < -0.39 is 24.1 Å². The Kier molecular flexibility index (Phi) is 8.89. The van der Waals surface area contributed by atoms with E-state index in [-0.39, 0.29) is 22.7 Å². The van der Waals surface area contributed by atoms with E-state index in [1.807, 2.05) is 39.0 Å². The Morgan fingerprint density at radius 1 is 1.02 bits per heavy atom. The molecule has 15 heteroatoms. The molecule has 3 amide bonds. The zero-order valence-electron chi connectivity index (χ0n) is 24.9. The van der Waals surface area contributed by atoms with Crippen molar-refractivity contribution in [1.29, 1.82) is 0 Å². The van der Waals surface area contributed by atoms with Gasteiger partial charge >= 0.3 is 18.3 Å². The topological polar surface area (TPSA) is 102 Å². The number of ether oxygens (including phenoxy) is 1. The molecule has 0 spiro atoms. The number of thioether (sulfide) groups is 1. The Hall–Kier alpha value is -4.79. The maximum absolute atomic E-state index is 13.2. The first-order chi connectivity index (χ1) is 21.6. The third-order valence-corrected chi connectivity index (χ3v) is 7.83. The molecule has 0 atom stereocenters. The van der Waals surface area contributed by atoms with Crippen molar-refractivity contribution in [3.63, 3.8) is 0 Å². The number of nitrogens with one attached hydrogen (secondary N) is 1. The Labute approximate surface area is 264 Å². The molecular weight excluding hydrogens is 631 g/mol. The lowest BCUT2D eigenvalue weighted by molar-refractivity contribution is -0.360. The number of benzene rings is 3. The summed E-state index contributed by atoms with van der Waals surface area (Å²) in [6.45, 7) is 7.75. The van der Waals surface area contributed by atoms with Gasteiger partial charge in [0.25, 0.3) is 0 Å². The highest BCUT2D eigenvalue weighted by atomic mass is 32.2. The SMILES string of the molecule is Cc1ccc(C(C)C)c(N2C(=O)CSC2=NC(=O)Nc2ccc(-c3ncn(-c4ccc(OC(F)(F)C(F)(F)F)cc4)n3)cc2C)c1. The normalized spacial score (nSPS) is 14.8. The lowest BCUT2D eigenvalue weighted by atomic mass is 9.99. The van der Waals surface area contributed by atoms with Crippen molar-refractivity contribution in [3.8, 4) is 22.8 Å². The van der Waals surface area contributed by atoms with Gasteiger partial charge in [0.2, 0.25) is 5.91 Å². The minimum atomic E-state index is -5.85. The molecule has 0 unspecified atom stereocenters. The van der Waals surface area contributed by atoms with Crippen LogP contribution in [0, 0.1) is 13.8 Å². The summed E-state index contributed by atoms with van der Waals surface area (Å²) in [6.07, 6.45) is -9.84. The Bertz CT molecular complexity index is 1820. The minimum Gasteiger partial charge on any atom is -0.426 e. The molecule has 0 bridgehead atoms. The number of nitrogens with zero attached hydrogens (tertiary/aromatic N) is 5. The molecule has 46 heavy (non-hydrogen) atoms. The van der Waals surface area contributed by atoms with Crippen molar-refractivity contribution < 1.29 is 36.3 Å². The summed E-state index contributed by atoms with van der Waals surface area (Å²) in [7, 11) is 0. The lowest BCUT2D eigenvalue weighted by Gasteiger charge is -2.22. The van der Waals surface area contributed by atoms with Gasteiger partial charge in [-0.1, -0.05) is 37.7 Å². The van der Waals surface area contributed by atoms with E-state index in [0.29, 0.717) is 34.0 Å². The van der Waals surface area contributed by atoms with E-state index in [4.69, 9.17) is 0 Å². The maximum atomic E-state index is 13.2. The Morgan fingerprint density at radius 2 is 1.74 bits per heavy atom. The summed E-state index contributed by atoms with van der Waals surface area (Å²) >= 11 is 1.19. The third kappa shape index (κ3) is 6.88. The first-order valence-corrected chi connectivity index (χ1v) is 14.8. The number of rotatable bonds is 7. The number of aliphatic imine (C=N–C) groups is 1. The fourth-order valence-corrected chi connectivity index (χ4v) is 5.44. The second-order valence-electron chi connectivity index (χ2n) is 10.7. The molecule has 1 aromatic heterocycles. The number of carbonyl (C=O) groups is 2. The third-order valence-electron chi connectivity index (χ3n) is 6.91. The van der Waals surface area contributed by atoms with Crippen molar-refractivity contribution in [3.05, 3.63) is 83.7 Å². The van der Waals surface area contributed by atoms with E-state index >= 15 is 0 Å². The summed E-state index contributed by atoms with van der Waals surface area (Å²) in [5, 5.41) is 7.39. The van der Waals surface area contributed by atoms with Crippen LogP contribution in [0.2, 0.25) is 0 Å². The van der Waals surface area contributed by atoms with Crippen LogP contribution in [0.15, 0.2) is 72.0 Å². The lowest BCUT2D eigenvalue weighted by Crippen LogP contribution is -2.41. The predicted molar refractivity (Wildman–Crippen MR) is 165 cm³/mol. The summed E-state index contributed by atoms with van der Waals surface area (Å²) < 4.78 is 68.7. The number of halogens is 5. The van der Waals surface area contributed by atoms with Gasteiger partial charge < -0.3 is 10.1 Å². The van der Waals surface area contributed by atoms with Crippen LogP contribution in [0.3, 0.4) is 0 Å². The molecule has 0 saturated carbocycles. The second-order valence-corrected chi connectivity index (χ2v) is 11.7. The molecule has 1 N–H and O–H groups in total. The molecule has 1 fully saturated rings. The number of amidine groups is 1.